The van der Waals surface area contributed by atoms with Crippen molar-refractivity contribution in [1.29, 1.82) is 0 Å². The third-order valence-electron chi connectivity index (χ3n) is 4.04. The van der Waals surface area contributed by atoms with Crippen LogP contribution in [0.1, 0.15) is 42.3 Å². The Kier molecular flexibility index (Phi) is 4.22. The summed E-state index contributed by atoms with van der Waals surface area (Å²) in [5.41, 5.74) is 2.43. The third-order valence-corrected chi connectivity index (χ3v) is 4.04. The van der Waals surface area contributed by atoms with E-state index in [4.69, 9.17) is 9.26 Å². The quantitative estimate of drug-likeness (QED) is 0.921. The summed E-state index contributed by atoms with van der Waals surface area (Å²) in [4.78, 5) is 4.62. The standard InChI is InChI=1S/C18H22N2O3/c1-12-16(17-19-18(2,3)11-22-17)15(23-20-12)9-14(10-21)13-7-5-4-6-8-13/h4-8,14,21H,9-11H2,1-3H3. The van der Waals surface area contributed by atoms with Crippen LogP contribution in [0.15, 0.2) is 39.8 Å². The molecular formula is C18H22N2O3. The molecule has 0 amide bonds. The number of aliphatic imine (C=N–C) groups is 1. The predicted molar refractivity (Wildman–Crippen MR) is 87.8 cm³/mol. The van der Waals surface area contributed by atoms with Crippen molar-refractivity contribution in [3.05, 3.63) is 52.9 Å². The molecule has 1 aromatic carbocycles. The maximum atomic E-state index is 9.76. The number of aryl methyl sites for hydroxylation is 1. The number of aliphatic hydroxyl groups is 1. The Bertz CT molecular complexity index is 704. The van der Waals surface area contributed by atoms with Gasteiger partial charge in [0, 0.05) is 12.3 Å². The highest BCUT2D eigenvalue weighted by Crippen LogP contribution is 2.28. The number of benzene rings is 1. The fraction of sp³-hybridized carbons (Fsp3) is 0.444. The van der Waals surface area contributed by atoms with Crippen LogP contribution in [0.5, 0.6) is 0 Å². The topological polar surface area (TPSA) is 67.9 Å². The Hall–Kier alpha value is -2.14. The lowest BCUT2D eigenvalue weighted by atomic mass is 9.94. The smallest absolute Gasteiger partial charge is 0.222 e. The summed E-state index contributed by atoms with van der Waals surface area (Å²) in [5.74, 6) is 1.26. The van der Waals surface area contributed by atoms with E-state index in [-0.39, 0.29) is 18.1 Å². The van der Waals surface area contributed by atoms with Crippen LogP contribution in [0.25, 0.3) is 0 Å². The van der Waals surface area contributed by atoms with E-state index in [9.17, 15) is 5.11 Å². The second-order valence-electron chi connectivity index (χ2n) is 6.58. The van der Waals surface area contributed by atoms with Gasteiger partial charge in [-0.15, -0.1) is 0 Å². The highest BCUT2D eigenvalue weighted by Gasteiger charge is 2.31. The maximum Gasteiger partial charge on any atom is 0.222 e. The summed E-state index contributed by atoms with van der Waals surface area (Å²) in [6.07, 6.45) is 0.555. The second kappa shape index (κ2) is 6.16. The monoisotopic (exact) mass is 314 g/mol. The fourth-order valence-corrected chi connectivity index (χ4v) is 2.78. The number of hydrogen-bond acceptors (Lipinski definition) is 5. The molecule has 0 radical (unpaired) electrons. The van der Waals surface area contributed by atoms with Gasteiger partial charge in [0.15, 0.2) is 0 Å². The molecule has 5 nitrogen and oxygen atoms in total. The summed E-state index contributed by atoms with van der Waals surface area (Å²) in [6.45, 7) is 6.54. The molecule has 1 N–H and O–H groups in total. The van der Waals surface area contributed by atoms with Gasteiger partial charge < -0.3 is 14.4 Å². The van der Waals surface area contributed by atoms with Crippen LogP contribution >= 0.6 is 0 Å². The lowest BCUT2D eigenvalue weighted by Crippen LogP contribution is -2.17. The Labute approximate surface area is 136 Å². The number of rotatable bonds is 5. The van der Waals surface area contributed by atoms with Gasteiger partial charge in [0.2, 0.25) is 5.90 Å². The molecule has 122 valence electrons. The van der Waals surface area contributed by atoms with Crippen molar-refractivity contribution < 1.29 is 14.4 Å². The summed E-state index contributed by atoms with van der Waals surface area (Å²) in [6, 6.07) is 9.92. The van der Waals surface area contributed by atoms with Crippen LogP contribution in [0.4, 0.5) is 0 Å². The maximum absolute atomic E-state index is 9.76. The molecule has 0 bridgehead atoms. The minimum atomic E-state index is -0.230. The largest absolute Gasteiger partial charge is 0.475 e. The zero-order valence-corrected chi connectivity index (χ0v) is 13.7. The van der Waals surface area contributed by atoms with E-state index in [1.54, 1.807) is 0 Å². The van der Waals surface area contributed by atoms with Crippen molar-refractivity contribution in [3.63, 3.8) is 0 Å². The van der Waals surface area contributed by atoms with Gasteiger partial charge in [0.25, 0.3) is 0 Å². The van der Waals surface area contributed by atoms with E-state index in [0.29, 0.717) is 24.7 Å². The molecule has 1 aliphatic heterocycles. The lowest BCUT2D eigenvalue weighted by Gasteiger charge is -2.13. The molecule has 1 unspecified atom stereocenters. The van der Waals surface area contributed by atoms with Crippen LogP contribution in [0, 0.1) is 6.92 Å². The highest BCUT2D eigenvalue weighted by atomic mass is 16.5. The Morgan fingerprint density at radius 1 is 1.26 bits per heavy atom. The normalized spacial score (nSPS) is 17.7. The van der Waals surface area contributed by atoms with Gasteiger partial charge in [-0.1, -0.05) is 35.5 Å². The van der Waals surface area contributed by atoms with E-state index in [2.05, 4.69) is 10.1 Å². The molecule has 1 atom stereocenters. The summed E-state index contributed by atoms with van der Waals surface area (Å²) >= 11 is 0. The molecule has 2 heterocycles. The minimum absolute atomic E-state index is 0.0437. The Balaban J connectivity index is 1.90. The third kappa shape index (κ3) is 3.29. The van der Waals surface area contributed by atoms with Crippen molar-refractivity contribution in [1.82, 2.24) is 5.16 Å². The predicted octanol–water partition coefficient (Wildman–Crippen LogP) is 2.86. The van der Waals surface area contributed by atoms with Gasteiger partial charge in [0.05, 0.1) is 17.8 Å². The van der Waals surface area contributed by atoms with Crippen molar-refractivity contribution in [2.24, 2.45) is 4.99 Å². The van der Waals surface area contributed by atoms with Crippen LogP contribution in [0.2, 0.25) is 0 Å². The lowest BCUT2D eigenvalue weighted by molar-refractivity contribution is 0.254. The molecule has 0 spiro atoms. The summed E-state index contributed by atoms with van der Waals surface area (Å²) in [7, 11) is 0. The molecule has 1 aromatic heterocycles. The van der Waals surface area contributed by atoms with Crippen LogP contribution in [0.3, 0.4) is 0 Å². The van der Waals surface area contributed by atoms with Gasteiger partial charge in [-0.05, 0) is 26.3 Å². The van der Waals surface area contributed by atoms with Gasteiger partial charge in [-0.3, -0.25) is 0 Å². The molecule has 2 aromatic rings. The number of ether oxygens (including phenoxy) is 1. The first-order chi connectivity index (χ1) is 11.0. The van der Waals surface area contributed by atoms with Crippen molar-refractivity contribution >= 4 is 5.90 Å². The van der Waals surface area contributed by atoms with Crippen LogP contribution in [-0.2, 0) is 11.2 Å². The molecule has 0 saturated heterocycles. The van der Waals surface area contributed by atoms with Crippen LogP contribution < -0.4 is 0 Å². The number of nitrogens with zero attached hydrogens (tertiary/aromatic N) is 2. The SMILES string of the molecule is Cc1noc(CC(CO)c2ccccc2)c1C1=NC(C)(C)CO1. The Morgan fingerprint density at radius 3 is 2.61 bits per heavy atom. The van der Waals surface area contributed by atoms with Gasteiger partial charge in [0.1, 0.15) is 17.9 Å². The van der Waals surface area contributed by atoms with E-state index in [0.717, 1.165) is 16.8 Å². The van der Waals surface area contributed by atoms with Crippen molar-refractivity contribution in [2.75, 3.05) is 13.2 Å². The van der Waals surface area contributed by atoms with Gasteiger partial charge in [-0.2, -0.15) is 0 Å². The first-order valence-electron chi connectivity index (χ1n) is 7.84. The molecule has 23 heavy (non-hydrogen) atoms. The molecule has 0 aliphatic carbocycles. The summed E-state index contributed by atoms with van der Waals surface area (Å²) in [5, 5.41) is 13.8. The molecule has 1 aliphatic rings. The van der Waals surface area contributed by atoms with Crippen molar-refractivity contribution in [2.45, 2.75) is 38.6 Å². The van der Waals surface area contributed by atoms with Crippen LogP contribution in [-0.4, -0.2) is 34.9 Å². The average Bonchev–Trinajstić information content (AvgIpc) is 3.07. The molecule has 0 saturated carbocycles. The second-order valence-corrected chi connectivity index (χ2v) is 6.58. The van der Waals surface area contributed by atoms with E-state index in [1.807, 2.05) is 51.1 Å². The highest BCUT2D eigenvalue weighted by molar-refractivity contribution is 5.97. The minimum Gasteiger partial charge on any atom is -0.475 e. The van der Waals surface area contributed by atoms with E-state index < -0.39 is 0 Å². The number of hydrogen-bond donors (Lipinski definition) is 1. The zero-order valence-electron chi connectivity index (χ0n) is 13.7. The Morgan fingerprint density at radius 2 is 2.00 bits per heavy atom. The molecule has 5 heteroatoms. The molecular weight excluding hydrogens is 292 g/mol. The first-order valence-corrected chi connectivity index (χ1v) is 7.84. The summed E-state index contributed by atoms with van der Waals surface area (Å²) < 4.78 is 11.3. The number of aromatic nitrogens is 1. The van der Waals surface area contributed by atoms with Gasteiger partial charge >= 0.3 is 0 Å². The zero-order chi connectivity index (χ0) is 16.4. The molecule has 0 fully saturated rings. The van der Waals surface area contributed by atoms with Gasteiger partial charge in [-0.25, -0.2) is 4.99 Å². The molecule has 3 rings (SSSR count). The van der Waals surface area contributed by atoms with Crippen molar-refractivity contribution in [3.8, 4) is 0 Å². The first kappa shape index (κ1) is 15.7. The number of aliphatic hydroxyl groups excluding tert-OH is 1. The average molecular weight is 314 g/mol. The van der Waals surface area contributed by atoms with E-state index in [1.165, 1.54) is 0 Å². The van der Waals surface area contributed by atoms with E-state index >= 15 is 0 Å². The fourth-order valence-electron chi connectivity index (χ4n) is 2.78.